The van der Waals surface area contributed by atoms with Gasteiger partial charge in [-0.05, 0) is 60.9 Å². The number of ether oxygens (including phenoxy) is 1. The molecular formula is C24H21ClN2O4. The fourth-order valence-electron chi connectivity index (χ4n) is 3.99. The van der Waals surface area contributed by atoms with Gasteiger partial charge in [0.2, 0.25) is 0 Å². The van der Waals surface area contributed by atoms with Crippen LogP contribution >= 0.6 is 11.6 Å². The van der Waals surface area contributed by atoms with Crippen LogP contribution in [0.1, 0.15) is 34.8 Å². The Kier molecular flexibility index (Phi) is 5.91. The maximum Gasteiger partial charge on any atom is 0.326 e. The van der Waals surface area contributed by atoms with Crippen molar-refractivity contribution in [2.75, 3.05) is 7.11 Å². The zero-order valence-corrected chi connectivity index (χ0v) is 17.6. The van der Waals surface area contributed by atoms with Crippen molar-refractivity contribution in [2.45, 2.75) is 24.9 Å². The van der Waals surface area contributed by atoms with Crippen LogP contribution in [0.15, 0.2) is 66.9 Å². The molecular weight excluding hydrogens is 416 g/mol. The Labute approximate surface area is 185 Å². The fraction of sp³-hybridized carbons (Fsp3) is 0.208. The van der Waals surface area contributed by atoms with E-state index in [9.17, 15) is 14.7 Å². The summed E-state index contributed by atoms with van der Waals surface area (Å²) in [5, 5.41) is 10.2. The summed E-state index contributed by atoms with van der Waals surface area (Å²) in [5.41, 5.74) is 2.68. The van der Waals surface area contributed by atoms with Crippen LogP contribution in [-0.2, 0) is 4.79 Å². The Hall–Kier alpha value is -3.38. The third-order valence-corrected chi connectivity index (χ3v) is 5.91. The summed E-state index contributed by atoms with van der Waals surface area (Å²) < 4.78 is 5.17. The van der Waals surface area contributed by atoms with E-state index in [2.05, 4.69) is 4.98 Å². The van der Waals surface area contributed by atoms with Gasteiger partial charge < -0.3 is 14.7 Å². The van der Waals surface area contributed by atoms with E-state index in [1.54, 1.807) is 25.3 Å². The number of carbonyl (C=O) groups is 2. The minimum Gasteiger partial charge on any atom is -0.497 e. The number of rotatable bonds is 5. The van der Waals surface area contributed by atoms with Gasteiger partial charge in [0.1, 0.15) is 11.8 Å². The number of halogens is 1. The fourth-order valence-corrected chi connectivity index (χ4v) is 4.25. The van der Waals surface area contributed by atoms with Crippen molar-refractivity contribution < 1.29 is 19.4 Å². The number of hydrogen-bond donors (Lipinski definition) is 1. The summed E-state index contributed by atoms with van der Waals surface area (Å²) in [7, 11) is 1.60. The maximum absolute atomic E-state index is 13.4. The molecule has 0 aliphatic carbocycles. The number of methoxy groups -OCH3 is 1. The lowest BCUT2D eigenvalue weighted by Crippen LogP contribution is -2.42. The second-order valence-corrected chi connectivity index (χ2v) is 7.75. The average Bonchev–Trinajstić information content (AvgIpc) is 3.24. The van der Waals surface area contributed by atoms with E-state index in [-0.39, 0.29) is 5.91 Å². The second-order valence-electron chi connectivity index (χ2n) is 7.34. The van der Waals surface area contributed by atoms with E-state index in [0.29, 0.717) is 29.1 Å². The lowest BCUT2D eigenvalue weighted by molar-refractivity contribution is -0.141. The molecule has 6 nitrogen and oxygen atoms in total. The van der Waals surface area contributed by atoms with Gasteiger partial charge in [0.15, 0.2) is 0 Å². The molecule has 7 heteroatoms. The van der Waals surface area contributed by atoms with Crippen molar-refractivity contribution in [3.63, 3.8) is 0 Å². The number of carboxylic acids is 1. The van der Waals surface area contributed by atoms with E-state index in [1.165, 1.54) is 11.1 Å². The molecule has 1 fully saturated rings. The van der Waals surface area contributed by atoms with E-state index in [0.717, 1.165) is 16.9 Å². The zero-order chi connectivity index (χ0) is 22.0. The van der Waals surface area contributed by atoms with Gasteiger partial charge in [0, 0.05) is 16.8 Å². The number of carbonyl (C=O) groups excluding carboxylic acids is 1. The number of hydrogen-bond acceptors (Lipinski definition) is 4. The Morgan fingerprint density at radius 1 is 1.06 bits per heavy atom. The standard InChI is InChI=1S/C24H21ClN2O4/c1-31-17-9-6-15(7-10-17)20-11-8-16(14-26-20)23(28)27-21(12-13-22(27)24(29)30)18-4-2-3-5-19(18)25/h2-11,14,21-22H,12-13H2,1H3,(H,29,30)/t21?,22-/m0/s1. The number of pyridine rings is 1. The Balaban J connectivity index is 1.63. The van der Waals surface area contributed by atoms with Crippen LogP contribution in [0.2, 0.25) is 5.02 Å². The summed E-state index contributed by atoms with van der Waals surface area (Å²) in [6, 6.07) is 16.8. The lowest BCUT2D eigenvalue weighted by atomic mass is 10.0. The highest BCUT2D eigenvalue weighted by Crippen LogP contribution is 2.40. The van der Waals surface area contributed by atoms with E-state index < -0.39 is 18.1 Å². The van der Waals surface area contributed by atoms with Gasteiger partial charge in [-0.1, -0.05) is 29.8 Å². The molecule has 1 aliphatic heterocycles. The van der Waals surface area contributed by atoms with Gasteiger partial charge in [-0.2, -0.15) is 0 Å². The largest absolute Gasteiger partial charge is 0.497 e. The van der Waals surface area contributed by atoms with Gasteiger partial charge in [0.25, 0.3) is 5.91 Å². The molecule has 158 valence electrons. The topological polar surface area (TPSA) is 79.7 Å². The molecule has 0 spiro atoms. The number of benzene rings is 2. The number of aliphatic carboxylic acids is 1. The second kappa shape index (κ2) is 8.78. The monoisotopic (exact) mass is 436 g/mol. The van der Waals surface area contributed by atoms with Crippen LogP contribution in [0.3, 0.4) is 0 Å². The van der Waals surface area contributed by atoms with Crippen LogP contribution in [0.25, 0.3) is 11.3 Å². The Morgan fingerprint density at radius 2 is 1.81 bits per heavy atom. The smallest absolute Gasteiger partial charge is 0.326 e. The van der Waals surface area contributed by atoms with Crippen LogP contribution < -0.4 is 4.74 Å². The molecule has 2 aromatic carbocycles. The first-order chi connectivity index (χ1) is 15.0. The summed E-state index contributed by atoms with van der Waals surface area (Å²) in [6.07, 6.45) is 2.39. The molecule has 2 atom stereocenters. The predicted molar refractivity (Wildman–Crippen MR) is 117 cm³/mol. The minimum absolute atomic E-state index is 0.336. The molecule has 0 bridgehead atoms. The number of nitrogens with zero attached hydrogens (tertiary/aromatic N) is 2. The highest BCUT2D eigenvalue weighted by atomic mass is 35.5. The van der Waals surface area contributed by atoms with Crippen molar-refractivity contribution in [1.82, 2.24) is 9.88 Å². The highest BCUT2D eigenvalue weighted by molar-refractivity contribution is 6.31. The molecule has 0 saturated carbocycles. The summed E-state index contributed by atoms with van der Waals surface area (Å²) in [6.45, 7) is 0. The number of amides is 1. The van der Waals surface area contributed by atoms with Gasteiger partial charge in [-0.25, -0.2) is 4.79 Å². The molecule has 1 aromatic heterocycles. The van der Waals surface area contributed by atoms with E-state index >= 15 is 0 Å². The Bertz CT molecular complexity index is 1100. The molecule has 1 N–H and O–H groups in total. The first-order valence-corrected chi connectivity index (χ1v) is 10.3. The molecule has 3 aromatic rings. The van der Waals surface area contributed by atoms with Gasteiger partial charge in [-0.15, -0.1) is 0 Å². The lowest BCUT2D eigenvalue weighted by Gasteiger charge is -2.29. The predicted octanol–water partition coefficient (Wildman–Crippen LogP) is 4.84. The molecule has 2 heterocycles. The average molecular weight is 437 g/mol. The summed E-state index contributed by atoms with van der Waals surface area (Å²) in [4.78, 5) is 31.0. The van der Waals surface area contributed by atoms with Crippen molar-refractivity contribution in [3.05, 3.63) is 83.0 Å². The molecule has 1 saturated heterocycles. The molecule has 31 heavy (non-hydrogen) atoms. The van der Waals surface area contributed by atoms with E-state index in [1.807, 2.05) is 42.5 Å². The highest BCUT2D eigenvalue weighted by Gasteiger charge is 2.42. The van der Waals surface area contributed by atoms with E-state index in [4.69, 9.17) is 16.3 Å². The zero-order valence-electron chi connectivity index (χ0n) is 16.9. The first-order valence-electron chi connectivity index (χ1n) is 9.90. The number of carboxylic acid groups (broad SMARTS) is 1. The van der Waals surface area contributed by atoms with Crippen molar-refractivity contribution in [2.24, 2.45) is 0 Å². The summed E-state index contributed by atoms with van der Waals surface area (Å²) >= 11 is 6.35. The molecule has 4 rings (SSSR count). The Morgan fingerprint density at radius 3 is 2.42 bits per heavy atom. The third kappa shape index (κ3) is 4.11. The van der Waals surface area contributed by atoms with Gasteiger partial charge >= 0.3 is 5.97 Å². The van der Waals surface area contributed by atoms with Crippen molar-refractivity contribution in [1.29, 1.82) is 0 Å². The third-order valence-electron chi connectivity index (χ3n) is 5.57. The molecule has 0 radical (unpaired) electrons. The van der Waals surface area contributed by atoms with Gasteiger partial charge in [-0.3, -0.25) is 9.78 Å². The first kappa shape index (κ1) is 20.9. The molecule has 1 amide bonds. The SMILES string of the molecule is COc1ccc(-c2ccc(C(=O)N3C(c4ccccc4Cl)CC[C@H]3C(=O)O)cn2)cc1. The quantitative estimate of drug-likeness (QED) is 0.619. The van der Waals surface area contributed by atoms with Gasteiger partial charge in [0.05, 0.1) is 24.4 Å². The summed E-state index contributed by atoms with van der Waals surface area (Å²) in [5.74, 6) is -0.649. The van der Waals surface area contributed by atoms with Crippen molar-refractivity contribution >= 4 is 23.5 Å². The number of likely N-dealkylation sites (tertiary alicyclic amines) is 1. The van der Waals surface area contributed by atoms with Crippen LogP contribution in [-0.4, -0.2) is 40.0 Å². The van der Waals surface area contributed by atoms with Crippen LogP contribution in [0.4, 0.5) is 0 Å². The minimum atomic E-state index is -1.02. The number of aromatic nitrogens is 1. The van der Waals surface area contributed by atoms with Crippen LogP contribution in [0, 0.1) is 0 Å². The van der Waals surface area contributed by atoms with Crippen LogP contribution in [0.5, 0.6) is 5.75 Å². The molecule has 1 aliphatic rings. The molecule has 1 unspecified atom stereocenters. The van der Waals surface area contributed by atoms with Crippen molar-refractivity contribution in [3.8, 4) is 17.0 Å². The normalized spacial score (nSPS) is 18.1. The maximum atomic E-state index is 13.4.